The van der Waals surface area contributed by atoms with Crippen LogP contribution in [-0.4, -0.2) is 70.6 Å². The molecule has 0 unspecified atom stereocenters. The normalized spacial score (nSPS) is 23.9. The van der Waals surface area contributed by atoms with E-state index in [4.69, 9.17) is 4.98 Å². The van der Waals surface area contributed by atoms with Crippen LogP contribution >= 0.6 is 11.8 Å². The van der Waals surface area contributed by atoms with Gasteiger partial charge in [0.2, 0.25) is 5.91 Å². The molecule has 1 aromatic carbocycles. The maximum absolute atomic E-state index is 13.3. The molecule has 0 saturated heterocycles. The van der Waals surface area contributed by atoms with Gasteiger partial charge in [0, 0.05) is 17.3 Å². The van der Waals surface area contributed by atoms with Gasteiger partial charge in [0.05, 0.1) is 18.1 Å². The van der Waals surface area contributed by atoms with Gasteiger partial charge in [-0.05, 0) is 51.5 Å². The van der Waals surface area contributed by atoms with Crippen molar-refractivity contribution in [2.24, 2.45) is 5.92 Å². The first-order valence-corrected chi connectivity index (χ1v) is 14.0. The first kappa shape index (κ1) is 25.9. The zero-order valence-corrected chi connectivity index (χ0v) is 22.3. The Morgan fingerprint density at radius 2 is 1.92 bits per heavy atom. The number of benzene rings is 1. The van der Waals surface area contributed by atoms with Crippen LogP contribution < -0.4 is 10.6 Å². The van der Waals surface area contributed by atoms with Gasteiger partial charge < -0.3 is 20.8 Å². The molecule has 3 aromatic rings. The summed E-state index contributed by atoms with van der Waals surface area (Å²) < 4.78 is 1.56. The first-order valence-electron chi connectivity index (χ1n) is 13.0. The molecule has 2 aliphatic rings. The monoisotopic (exact) mass is 525 g/mol. The third-order valence-electron chi connectivity index (χ3n) is 6.91. The second-order valence-electron chi connectivity index (χ2n) is 10.8. The maximum atomic E-state index is 13.3. The van der Waals surface area contributed by atoms with Gasteiger partial charge in [0.25, 0.3) is 0 Å². The van der Waals surface area contributed by atoms with Gasteiger partial charge in [-0.25, -0.2) is 14.6 Å². The molecule has 2 aliphatic carbocycles. The highest BCUT2D eigenvalue weighted by Crippen LogP contribution is 2.38. The Morgan fingerprint density at radius 1 is 1.16 bits per heavy atom. The number of aliphatic hydroxyl groups excluding tert-OH is 2. The Kier molecular flexibility index (Phi) is 7.37. The van der Waals surface area contributed by atoms with Gasteiger partial charge >= 0.3 is 0 Å². The number of nitrogens with zero attached hydrogens (tertiary/aromatic N) is 5. The smallest absolute Gasteiger partial charge is 0.226 e. The molecular formula is C26H35N7O3S. The zero-order valence-electron chi connectivity index (χ0n) is 21.5. The van der Waals surface area contributed by atoms with Crippen LogP contribution in [0.1, 0.15) is 58.1 Å². The average molecular weight is 526 g/mol. The van der Waals surface area contributed by atoms with Crippen molar-refractivity contribution in [1.29, 1.82) is 0 Å². The highest BCUT2D eigenvalue weighted by Gasteiger charge is 2.48. The number of amides is 1. The minimum Gasteiger partial charge on any atom is -0.390 e. The summed E-state index contributed by atoms with van der Waals surface area (Å²) in [7, 11) is 0. The van der Waals surface area contributed by atoms with Gasteiger partial charge in [0.15, 0.2) is 22.1 Å². The summed E-state index contributed by atoms with van der Waals surface area (Å²) in [6.45, 7) is 6.01. The SMILES string of the molecule is CCCSc1nc(NC2CC2)c2nnn([C@@H]3C[C@H](C(=O)NC(C)(C)Cc4ccccc4)[C@@H](O)[C@H]3O)c2n1. The Hall–Kier alpha value is -2.76. The third kappa shape index (κ3) is 5.73. The number of aliphatic hydroxyl groups is 2. The van der Waals surface area contributed by atoms with E-state index in [9.17, 15) is 15.0 Å². The van der Waals surface area contributed by atoms with Crippen LogP contribution in [0.25, 0.3) is 11.2 Å². The van der Waals surface area contributed by atoms with Crippen molar-refractivity contribution in [2.45, 2.75) is 87.9 Å². The van der Waals surface area contributed by atoms with Crippen molar-refractivity contribution in [3.05, 3.63) is 35.9 Å². The topological polar surface area (TPSA) is 138 Å². The number of fused-ring (bicyclic) bond motifs is 1. The van der Waals surface area contributed by atoms with Crippen molar-refractivity contribution in [2.75, 3.05) is 11.1 Å². The van der Waals surface area contributed by atoms with Crippen LogP contribution in [0.15, 0.2) is 35.5 Å². The maximum Gasteiger partial charge on any atom is 0.226 e. The van der Waals surface area contributed by atoms with E-state index < -0.39 is 29.7 Å². The Balaban J connectivity index is 1.37. The van der Waals surface area contributed by atoms with Crippen molar-refractivity contribution >= 4 is 34.7 Å². The molecule has 2 saturated carbocycles. The van der Waals surface area contributed by atoms with Gasteiger partial charge in [-0.15, -0.1) is 5.10 Å². The second kappa shape index (κ2) is 10.5. The predicted molar refractivity (Wildman–Crippen MR) is 142 cm³/mol. The number of hydrogen-bond donors (Lipinski definition) is 4. The minimum atomic E-state index is -1.23. The summed E-state index contributed by atoms with van der Waals surface area (Å²) in [6.07, 6.45) is 1.62. The second-order valence-corrected chi connectivity index (χ2v) is 11.8. The molecule has 2 heterocycles. The molecule has 0 radical (unpaired) electrons. The lowest BCUT2D eigenvalue weighted by atomic mass is 9.93. The summed E-state index contributed by atoms with van der Waals surface area (Å²) in [4.78, 5) is 22.6. The van der Waals surface area contributed by atoms with Crippen molar-refractivity contribution in [3.63, 3.8) is 0 Å². The molecule has 198 valence electrons. The van der Waals surface area contributed by atoms with E-state index >= 15 is 0 Å². The number of aromatic nitrogens is 5. The Bertz CT molecular complexity index is 1250. The predicted octanol–water partition coefficient (Wildman–Crippen LogP) is 2.72. The zero-order chi connectivity index (χ0) is 26.2. The van der Waals surface area contributed by atoms with E-state index in [2.05, 4.69) is 32.9 Å². The lowest BCUT2D eigenvalue weighted by Crippen LogP contribution is -2.49. The van der Waals surface area contributed by atoms with Gasteiger partial charge in [-0.2, -0.15) is 0 Å². The van der Waals surface area contributed by atoms with Crippen molar-refractivity contribution in [3.8, 4) is 0 Å². The molecule has 11 heteroatoms. The highest BCUT2D eigenvalue weighted by atomic mass is 32.2. The lowest BCUT2D eigenvalue weighted by Gasteiger charge is -2.29. The fraction of sp³-hybridized carbons (Fsp3) is 0.577. The molecule has 1 amide bonds. The largest absolute Gasteiger partial charge is 0.390 e. The highest BCUT2D eigenvalue weighted by molar-refractivity contribution is 7.99. The number of thioether (sulfide) groups is 1. The molecule has 4 atom stereocenters. The molecule has 2 aromatic heterocycles. The number of hydrogen-bond acceptors (Lipinski definition) is 9. The fourth-order valence-electron chi connectivity index (χ4n) is 4.90. The van der Waals surface area contributed by atoms with Gasteiger partial charge in [0.1, 0.15) is 6.10 Å². The first-order chi connectivity index (χ1) is 17.8. The Labute approximate surface area is 220 Å². The fourth-order valence-corrected chi connectivity index (χ4v) is 5.59. The summed E-state index contributed by atoms with van der Waals surface area (Å²) in [5.41, 5.74) is 1.62. The number of carbonyl (C=O) groups excluding carboxylic acids is 1. The molecule has 0 aliphatic heterocycles. The molecular weight excluding hydrogens is 490 g/mol. The van der Waals surface area contributed by atoms with E-state index in [1.807, 2.05) is 44.2 Å². The molecule has 5 rings (SSSR count). The van der Waals surface area contributed by atoms with E-state index in [0.717, 1.165) is 30.6 Å². The van der Waals surface area contributed by atoms with Crippen LogP contribution in [0, 0.1) is 5.92 Å². The lowest BCUT2D eigenvalue weighted by molar-refractivity contribution is -0.130. The molecule has 10 nitrogen and oxygen atoms in total. The van der Waals surface area contributed by atoms with Crippen molar-refractivity contribution in [1.82, 2.24) is 30.3 Å². The molecule has 0 spiro atoms. The number of nitrogens with one attached hydrogen (secondary N) is 2. The van der Waals surface area contributed by atoms with E-state index in [0.29, 0.717) is 34.6 Å². The number of rotatable bonds is 10. The van der Waals surface area contributed by atoms with Crippen LogP contribution in [0.4, 0.5) is 5.82 Å². The quantitative estimate of drug-likeness (QED) is 0.232. The summed E-state index contributed by atoms with van der Waals surface area (Å²) in [5, 5.41) is 37.6. The van der Waals surface area contributed by atoms with Crippen LogP contribution in [-0.2, 0) is 11.2 Å². The third-order valence-corrected chi connectivity index (χ3v) is 7.96. The Morgan fingerprint density at radius 3 is 2.62 bits per heavy atom. The summed E-state index contributed by atoms with van der Waals surface area (Å²) >= 11 is 1.56. The summed E-state index contributed by atoms with van der Waals surface area (Å²) in [5.74, 6) is 0.447. The number of anilines is 1. The van der Waals surface area contributed by atoms with Crippen LogP contribution in [0.5, 0.6) is 0 Å². The standard InChI is InChI=1S/C26H35N7O3S/c1-4-12-37-25-28-22(27-16-10-11-16)19-23(29-25)33(32-31-19)18-13-17(20(34)21(18)35)24(36)30-26(2,3)14-15-8-6-5-7-9-15/h5-9,16-18,20-21,34-35H,4,10-14H2,1-3H3,(H,30,36)(H,27,28,29)/t17-,18+,20+,21-/m0/s1. The van der Waals surface area contributed by atoms with E-state index in [-0.39, 0.29) is 12.3 Å². The van der Waals surface area contributed by atoms with Gasteiger partial charge in [-0.3, -0.25) is 4.79 Å². The number of carbonyl (C=O) groups is 1. The minimum absolute atomic E-state index is 0.223. The molecule has 2 fully saturated rings. The van der Waals surface area contributed by atoms with E-state index in [1.54, 1.807) is 16.4 Å². The van der Waals surface area contributed by atoms with Crippen molar-refractivity contribution < 1.29 is 15.0 Å². The average Bonchev–Trinajstić information content (AvgIpc) is 3.50. The van der Waals surface area contributed by atoms with Crippen LogP contribution in [0.3, 0.4) is 0 Å². The molecule has 4 N–H and O–H groups in total. The van der Waals surface area contributed by atoms with Crippen LogP contribution in [0.2, 0.25) is 0 Å². The summed E-state index contributed by atoms with van der Waals surface area (Å²) in [6, 6.07) is 9.68. The van der Waals surface area contributed by atoms with E-state index in [1.165, 1.54) is 0 Å². The molecule has 37 heavy (non-hydrogen) atoms. The van der Waals surface area contributed by atoms with Gasteiger partial charge in [-0.1, -0.05) is 54.2 Å². The molecule has 0 bridgehead atoms.